The summed E-state index contributed by atoms with van der Waals surface area (Å²) < 4.78 is 0. The number of aromatic nitrogens is 1. The lowest BCUT2D eigenvalue weighted by Crippen LogP contribution is -2.28. The van der Waals surface area contributed by atoms with Crippen LogP contribution in [0.15, 0.2) is 48.7 Å². The van der Waals surface area contributed by atoms with Crippen LogP contribution in [0.3, 0.4) is 0 Å². The Morgan fingerprint density at radius 1 is 1.12 bits per heavy atom. The van der Waals surface area contributed by atoms with Crippen LogP contribution in [0.25, 0.3) is 10.9 Å². The molecule has 2 aromatic carbocycles. The van der Waals surface area contributed by atoms with E-state index in [9.17, 15) is 4.79 Å². The van der Waals surface area contributed by atoms with Crippen molar-refractivity contribution in [3.8, 4) is 0 Å². The third-order valence-electron chi connectivity index (χ3n) is 5.28. The monoisotopic (exact) mass is 332 g/mol. The fourth-order valence-corrected chi connectivity index (χ4v) is 3.85. The van der Waals surface area contributed by atoms with Crippen molar-refractivity contribution in [1.82, 2.24) is 10.3 Å². The number of rotatable bonds is 4. The Bertz CT molecular complexity index is 909. The number of aryl methyl sites for hydroxylation is 2. The van der Waals surface area contributed by atoms with E-state index >= 15 is 0 Å². The lowest BCUT2D eigenvalue weighted by Gasteiger charge is -2.20. The van der Waals surface area contributed by atoms with Gasteiger partial charge in [0.25, 0.3) is 0 Å². The van der Waals surface area contributed by atoms with Crippen LogP contribution < -0.4 is 5.32 Å². The van der Waals surface area contributed by atoms with Crippen molar-refractivity contribution in [2.45, 2.75) is 45.1 Å². The summed E-state index contributed by atoms with van der Waals surface area (Å²) in [4.78, 5) is 15.7. The van der Waals surface area contributed by atoms with E-state index in [2.05, 4.69) is 41.5 Å². The van der Waals surface area contributed by atoms with Crippen molar-refractivity contribution in [3.63, 3.8) is 0 Å². The first-order valence-electron chi connectivity index (χ1n) is 9.17. The van der Waals surface area contributed by atoms with E-state index in [0.29, 0.717) is 6.42 Å². The number of carbonyl (C=O) groups excluding carboxylic acids is 1. The quantitative estimate of drug-likeness (QED) is 0.727. The second kappa shape index (κ2) is 6.75. The number of aromatic amines is 1. The zero-order chi connectivity index (χ0) is 17.2. The van der Waals surface area contributed by atoms with Gasteiger partial charge in [0, 0.05) is 17.1 Å². The predicted octanol–water partition coefficient (Wildman–Crippen LogP) is 4.47. The molecule has 3 aromatic rings. The molecule has 1 aromatic heterocycles. The molecular weight excluding hydrogens is 308 g/mol. The van der Waals surface area contributed by atoms with Crippen LogP contribution in [0.5, 0.6) is 0 Å². The number of hydrogen-bond acceptors (Lipinski definition) is 1. The molecule has 0 aliphatic heterocycles. The number of para-hydroxylation sites is 1. The molecule has 0 spiro atoms. The molecule has 128 valence electrons. The molecule has 4 rings (SSSR count). The van der Waals surface area contributed by atoms with Crippen LogP contribution in [0.1, 0.15) is 48.1 Å². The fourth-order valence-electron chi connectivity index (χ4n) is 3.85. The highest BCUT2D eigenvalue weighted by atomic mass is 16.1. The van der Waals surface area contributed by atoms with Gasteiger partial charge in [-0.15, -0.1) is 0 Å². The van der Waals surface area contributed by atoms with Crippen LogP contribution in [0.4, 0.5) is 0 Å². The van der Waals surface area contributed by atoms with Gasteiger partial charge in [-0.1, -0.05) is 36.4 Å². The van der Waals surface area contributed by atoms with E-state index in [1.165, 1.54) is 42.4 Å². The highest BCUT2D eigenvalue weighted by molar-refractivity contribution is 5.88. The van der Waals surface area contributed by atoms with Gasteiger partial charge >= 0.3 is 0 Å². The summed E-state index contributed by atoms with van der Waals surface area (Å²) in [6.45, 7) is 2.07. The topological polar surface area (TPSA) is 44.9 Å². The Hall–Kier alpha value is -2.55. The van der Waals surface area contributed by atoms with Gasteiger partial charge in [0.05, 0.1) is 12.5 Å². The second-order valence-electron chi connectivity index (χ2n) is 7.06. The number of hydrogen-bond donors (Lipinski definition) is 2. The van der Waals surface area contributed by atoms with Crippen LogP contribution in [0.2, 0.25) is 0 Å². The SMILES string of the molecule is C[C@@H](NC(=O)Cc1c[nH]c2ccccc12)c1ccc2c(c1)CCCC2. The highest BCUT2D eigenvalue weighted by Gasteiger charge is 2.15. The summed E-state index contributed by atoms with van der Waals surface area (Å²) in [5, 5.41) is 4.28. The summed E-state index contributed by atoms with van der Waals surface area (Å²) in [5.41, 5.74) is 6.26. The summed E-state index contributed by atoms with van der Waals surface area (Å²) in [6.07, 6.45) is 7.27. The molecule has 0 saturated heterocycles. The van der Waals surface area contributed by atoms with Crippen LogP contribution in [-0.4, -0.2) is 10.9 Å². The van der Waals surface area contributed by atoms with Crippen molar-refractivity contribution in [2.24, 2.45) is 0 Å². The Kier molecular flexibility index (Phi) is 4.31. The maximum absolute atomic E-state index is 12.5. The average molecular weight is 332 g/mol. The van der Waals surface area contributed by atoms with E-state index in [0.717, 1.165) is 16.5 Å². The number of carbonyl (C=O) groups is 1. The first kappa shape index (κ1) is 15.9. The molecule has 0 radical (unpaired) electrons. The Morgan fingerprint density at radius 2 is 1.92 bits per heavy atom. The molecule has 1 atom stereocenters. The largest absolute Gasteiger partial charge is 0.361 e. The van der Waals surface area contributed by atoms with Crippen molar-refractivity contribution >= 4 is 16.8 Å². The molecule has 3 nitrogen and oxygen atoms in total. The third-order valence-corrected chi connectivity index (χ3v) is 5.28. The van der Waals surface area contributed by atoms with E-state index < -0.39 is 0 Å². The number of amides is 1. The molecule has 1 amide bonds. The zero-order valence-electron chi connectivity index (χ0n) is 14.6. The lowest BCUT2D eigenvalue weighted by molar-refractivity contribution is -0.121. The van der Waals surface area contributed by atoms with Crippen LogP contribution >= 0.6 is 0 Å². The number of benzene rings is 2. The maximum Gasteiger partial charge on any atom is 0.224 e. The molecule has 25 heavy (non-hydrogen) atoms. The molecule has 1 aliphatic rings. The van der Waals surface area contributed by atoms with Gasteiger partial charge in [-0.25, -0.2) is 0 Å². The smallest absolute Gasteiger partial charge is 0.224 e. The van der Waals surface area contributed by atoms with Gasteiger partial charge in [-0.05, 0) is 60.9 Å². The molecule has 0 unspecified atom stereocenters. The first-order valence-corrected chi connectivity index (χ1v) is 9.17. The average Bonchev–Trinajstić information content (AvgIpc) is 3.04. The standard InChI is InChI=1S/C22H24N2O/c1-15(17-11-10-16-6-2-3-7-18(16)12-17)24-22(25)13-19-14-23-21-9-5-4-8-20(19)21/h4-5,8-12,14-15,23H,2-3,6-7,13H2,1H3,(H,24,25)/t15-/m1/s1. The molecule has 0 fully saturated rings. The Balaban J connectivity index is 1.45. The van der Waals surface area contributed by atoms with E-state index in [4.69, 9.17) is 0 Å². The van der Waals surface area contributed by atoms with E-state index in [1.54, 1.807) is 0 Å². The minimum absolute atomic E-state index is 0.0323. The summed E-state index contributed by atoms with van der Waals surface area (Å²) >= 11 is 0. The number of fused-ring (bicyclic) bond motifs is 2. The van der Waals surface area contributed by atoms with Crippen molar-refractivity contribution in [1.29, 1.82) is 0 Å². The molecule has 0 bridgehead atoms. The molecule has 2 N–H and O–H groups in total. The molecule has 0 saturated carbocycles. The first-order chi connectivity index (χ1) is 12.2. The minimum atomic E-state index is 0.0323. The maximum atomic E-state index is 12.5. The minimum Gasteiger partial charge on any atom is -0.361 e. The third kappa shape index (κ3) is 3.32. The predicted molar refractivity (Wildman–Crippen MR) is 102 cm³/mol. The summed E-state index contributed by atoms with van der Waals surface area (Å²) in [5.74, 6) is 0.0648. The van der Waals surface area contributed by atoms with E-state index in [1.807, 2.05) is 24.4 Å². The van der Waals surface area contributed by atoms with Crippen LogP contribution in [0, 0.1) is 0 Å². The normalized spacial score (nSPS) is 14.9. The Labute approximate surface area is 148 Å². The Morgan fingerprint density at radius 3 is 2.80 bits per heavy atom. The van der Waals surface area contributed by atoms with Crippen molar-refractivity contribution in [2.75, 3.05) is 0 Å². The molecular formula is C22H24N2O. The van der Waals surface area contributed by atoms with Gasteiger partial charge in [0.1, 0.15) is 0 Å². The summed E-state index contributed by atoms with van der Waals surface area (Å²) in [7, 11) is 0. The molecule has 3 heteroatoms. The number of nitrogens with one attached hydrogen (secondary N) is 2. The molecule has 1 heterocycles. The van der Waals surface area contributed by atoms with Gasteiger partial charge < -0.3 is 10.3 Å². The fraction of sp³-hybridized carbons (Fsp3) is 0.318. The lowest BCUT2D eigenvalue weighted by atomic mass is 9.89. The van der Waals surface area contributed by atoms with Gasteiger partial charge in [0.15, 0.2) is 0 Å². The van der Waals surface area contributed by atoms with Gasteiger partial charge in [-0.2, -0.15) is 0 Å². The highest BCUT2D eigenvalue weighted by Crippen LogP contribution is 2.25. The van der Waals surface area contributed by atoms with Gasteiger partial charge in [-0.3, -0.25) is 4.79 Å². The van der Waals surface area contributed by atoms with Crippen molar-refractivity contribution in [3.05, 3.63) is 70.9 Å². The van der Waals surface area contributed by atoms with Crippen molar-refractivity contribution < 1.29 is 4.79 Å². The second-order valence-corrected chi connectivity index (χ2v) is 7.06. The van der Waals surface area contributed by atoms with Gasteiger partial charge in [0.2, 0.25) is 5.91 Å². The van der Waals surface area contributed by atoms with E-state index in [-0.39, 0.29) is 11.9 Å². The number of H-pyrrole nitrogens is 1. The summed E-state index contributed by atoms with van der Waals surface area (Å²) in [6, 6.07) is 14.8. The van der Waals surface area contributed by atoms with Crippen LogP contribution in [-0.2, 0) is 24.1 Å². The molecule has 1 aliphatic carbocycles. The zero-order valence-corrected chi connectivity index (χ0v) is 14.6.